The maximum atomic E-state index is 11.2. The lowest BCUT2D eigenvalue weighted by atomic mass is 9.73. The largest absolute Gasteiger partial charge is 0.508 e. The summed E-state index contributed by atoms with van der Waals surface area (Å²) in [6.07, 6.45) is 0.581. The molecule has 1 aliphatic heterocycles. The monoisotopic (exact) mass is 478 g/mol. The number of methoxy groups -OCH3 is 1. The van der Waals surface area contributed by atoms with E-state index >= 15 is 0 Å². The van der Waals surface area contributed by atoms with Crippen LogP contribution in [-0.2, 0) is 12.8 Å². The van der Waals surface area contributed by atoms with Gasteiger partial charge in [-0.05, 0) is 65.3 Å². The Bertz CT molecular complexity index is 1250. The lowest BCUT2D eigenvalue weighted by Gasteiger charge is -2.37. The summed E-state index contributed by atoms with van der Waals surface area (Å²) < 4.78 is 17.6. The SMILES string of the molecule is CC[C@H]1Cc2cc(O)ccc2-c2c(OCCO)cc3c(c21)C[C@@H](O)[C@@H](c1ccc(O)c(OC)c1)O3. The molecule has 0 unspecified atom stereocenters. The predicted octanol–water partition coefficient (Wildman–Crippen LogP) is 4.23. The van der Waals surface area contributed by atoms with Crippen LogP contribution in [0.2, 0.25) is 0 Å². The number of fused-ring (bicyclic) bond motifs is 5. The van der Waals surface area contributed by atoms with E-state index in [1.165, 1.54) is 13.2 Å². The van der Waals surface area contributed by atoms with Crippen molar-refractivity contribution >= 4 is 0 Å². The number of phenolic OH excluding ortho intramolecular Hbond substituents is 2. The Morgan fingerprint density at radius 2 is 1.86 bits per heavy atom. The minimum Gasteiger partial charge on any atom is -0.508 e. The molecular weight excluding hydrogens is 448 g/mol. The first-order chi connectivity index (χ1) is 16.9. The van der Waals surface area contributed by atoms with Crippen LogP contribution in [0, 0.1) is 0 Å². The van der Waals surface area contributed by atoms with E-state index in [0.29, 0.717) is 29.2 Å². The van der Waals surface area contributed by atoms with Crippen LogP contribution in [0.5, 0.6) is 28.7 Å². The molecule has 0 saturated carbocycles. The third-order valence-electron chi connectivity index (χ3n) is 7.02. The van der Waals surface area contributed by atoms with E-state index < -0.39 is 12.2 Å². The first-order valence-corrected chi connectivity index (χ1v) is 11.9. The Hall–Kier alpha value is -3.42. The first-order valence-electron chi connectivity index (χ1n) is 11.9. The number of rotatable bonds is 6. The quantitative estimate of drug-likeness (QED) is 0.420. The van der Waals surface area contributed by atoms with E-state index in [4.69, 9.17) is 14.2 Å². The summed E-state index contributed by atoms with van der Waals surface area (Å²) >= 11 is 0. The zero-order valence-electron chi connectivity index (χ0n) is 19.8. The van der Waals surface area contributed by atoms with Gasteiger partial charge in [-0.15, -0.1) is 0 Å². The molecule has 184 valence electrons. The topological polar surface area (TPSA) is 109 Å². The second kappa shape index (κ2) is 9.32. The van der Waals surface area contributed by atoms with Gasteiger partial charge < -0.3 is 34.6 Å². The van der Waals surface area contributed by atoms with Gasteiger partial charge in [0.2, 0.25) is 0 Å². The summed E-state index contributed by atoms with van der Waals surface area (Å²) in [4.78, 5) is 0. The van der Waals surface area contributed by atoms with E-state index in [1.54, 1.807) is 24.3 Å². The average Bonchev–Trinajstić information content (AvgIpc) is 2.86. The van der Waals surface area contributed by atoms with Gasteiger partial charge in [0.15, 0.2) is 11.5 Å². The molecule has 7 heteroatoms. The fourth-order valence-electron chi connectivity index (χ4n) is 5.41. The fraction of sp³-hybridized carbons (Fsp3) is 0.357. The van der Waals surface area contributed by atoms with Gasteiger partial charge in [0.1, 0.15) is 30.0 Å². The van der Waals surface area contributed by atoms with Crippen molar-refractivity contribution in [2.24, 2.45) is 0 Å². The average molecular weight is 479 g/mol. The standard InChI is InChI=1S/C28H30O7/c1-3-15-10-17-11-18(30)5-6-19(17)27-25(34-9-8-29)14-23-20(26(15)27)13-22(32)28(35-23)16-4-7-21(31)24(12-16)33-2/h4-7,11-12,14-15,22,28-32H,3,8-10,13H2,1-2H3/t15-,22+,28+/m0/s1. The highest BCUT2D eigenvalue weighted by molar-refractivity contribution is 5.83. The van der Waals surface area contributed by atoms with Crippen molar-refractivity contribution in [1.29, 1.82) is 0 Å². The molecule has 3 atom stereocenters. The van der Waals surface area contributed by atoms with E-state index in [1.807, 2.05) is 12.1 Å². The lowest BCUT2D eigenvalue weighted by molar-refractivity contribution is 0.0200. The summed E-state index contributed by atoms with van der Waals surface area (Å²) in [5, 5.41) is 40.7. The Morgan fingerprint density at radius 1 is 1.03 bits per heavy atom. The number of aliphatic hydroxyl groups is 2. The van der Waals surface area contributed by atoms with Gasteiger partial charge in [0, 0.05) is 23.6 Å². The van der Waals surface area contributed by atoms with Crippen LogP contribution >= 0.6 is 0 Å². The van der Waals surface area contributed by atoms with Crippen LogP contribution in [0.3, 0.4) is 0 Å². The molecule has 1 aliphatic carbocycles. The molecule has 35 heavy (non-hydrogen) atoms. The summed E-state index contributed by atoms with van der Waals surface area (Å²) in [5.41, 5.74) is 5.71. The van der Waals surface area contributed by atoms with Crippen molar-refractivity contribution in [3.63, 3.8) is 0 Å². The Morgan fingerprint density at radius 3 is 2.60 bits per heavy atom. The number of benzene rings is 3. The summed E-state index contributed by atoms with van der Waals surface area (Å²) in [6.45, 7) is 2.14. The molecule has 0 radical (unpaired) electrons. The molecule has 4 N–H and O–H groups in total. The second-order valence-electron chi connectivity index (χ2n) is 9.10. The third-order valence-corrected chi connectivity index (χ3v) is 7.02. The van der Waals surface area contributed by atoms with E-state index in [0.717, 1.165) is 40.7 Å². The Balaban J connectivity index is 1.66. The number of ether oxygens (including phenoxy) is 3. The molecule has 0 aromatic heterocycles. The highest BCUT2D eigenvalue weighted by atomic mass is 16.5. The van der Waals surface area contributed by atoms with Crippen molar-refractivity contribution in [2.75, 3.05) is 20.3 Å². The molecular formula is C28H30O7. The molecule has 0 spiro atoms. The molecule has 7 nitrogen and oxygen atoms in total. The van der Waals surface area contributed by atoms with Crippen LogP contribution in [-0.4, -0.2) is 46.9 Å². The number of hydrogen-bond donors (Lipinski definition) is 4. The molecule has 3 aromatic carbocycles. The molecule has 0 fully saturated rings. The van der Waals surface area contributed by atoms with Gasteiger partial charge in [-0.3, -0.25) is 0 Å². The summed E-state index contributed by atoms with van der Waals surface area (Å²) in [5.74, 6) is 1.96. The lowest BCUT2D eigenvalue weighted by Crippen LogP contribution is -2.32. The van der Waals surface area contributed by atoms with Gasteiger partial charge in [-0.25, -0.2) is 0 Å². The Labute approximate surface area is 204 Å². The van der Waals surface area contributed by atoms with Gasteiger partial charge in [0.25, 0.3) is 0 Å². The summed E-state index contributed by atoms with van der Waals surface area (Å²) in [6, 6.07) is 12.1. The third kappa shape index (κ3) is 4.05. The fourth-order valence-corrected chi connectivity index (χ4v) is 5.41. The van der Waals surface area contributed by atoms with Crippen molar-refractivity contribution in [2.45, 2.75) is 44.3 Å². The number of aliphatic hydroxyl groups excluding tert-OH is 2. The Kier molecular flexibility index (Phi) is 6.21. The smallest absolute Gasteiger partial charge is 0.160 e. The van der Waals surface area contributed by atoms with E-state index in [9.17, 15) is 20.4 Å². The minimum atomic E-state index is -0.802. The van der Waals surface area contributed by atoms with Crippen LogP contribution in [0.1, 0.15) is 47.6 Å². The van der Waals surface area contributed by atoms with Gasteiger partial charge in [-0.1, -0.05) is 19.1 Å². The molecule has 3 aromatic rings. The maximum absolute atomic E-state index is 11.2. The maximum Gasteiger partial charge on any atom is 0.160 e. The molecule has 2 aliphatic rings. The molecule has 1 heterocycles. The van der Waals surface area contributed by atoms with Crippen molar-refractivity contribution in [3.8, 4) is 39.9 Å². The van der Waals surface area contributed by atoms with E-state index in [-0.39, 0.29) is 30.6 Å². The number of phenols is 2. The highest BCUT2D eigenvalue weighted by Crippen LogP contribution is 2.53. The number of aromatic hydroxyl groups is 2. The highest BCUT2D eigenvalue weighted by Gasteiger charge is 2.37. The van der Waals surface area contributed by atoms with Crippen LogP contribution in [0.15, 0.2) is 42.5 Å². The zero-order chi connectivity index (χ0) is 24.7. The normalized spacial score (nSPS) is 20.3. The van der Waals surface area contributed by atoms with Crippen LogP contribution in [0.25, 0.3) is 11.1 Å². The molecule has 5 rings (SSSR count). The van der Waals surface area contributed by atoms with Crippen molar-refractivity contribution < 1.29 is 34.6 Å². The molecule has 0 bridgehead atoms. The molecule has 0 amide bonds. The number of hydrogen-bond acceptors (Lipinski definition) is 7. The second-order valence-corrected chi connectivity index (χ2v) is 9.10. The van der Waals surface area contributed by atoms with Crippen molar-refractivity contribution in [1.82, 2.24) is 0 Å². The molecule has 0 saturated heterocycles. The van der Waals surface area contributed by atoms with Gasteiger partial charge in [-0.2, -0.15) is 0 Å². The first kappa shape index (κ1) is 23.3. The zero-order valence-corrected chi connectivity index (χ0v) is 19.8. The minimum absolute atomic E-state index is 0.0196. The van der Waals surface area contributed by atoms with Crippen LogP contribution < -0.4 is 14.2 Å². The summed E-state index contributed by atoms with van der Waals surface area (Å²) in [7, 11) is 1.48. The van der Waals surface area contributed by atoms with Crippen LogP contribution in [0.4, 0.5) is 0 Å². The predicted molar refractivity (Wildman–Crippen MR) is 131 cm³/mol. The van der Waals surface area contributed by atoms with E-state index in [2.05, 4.69) is 6.92 Å². The van der Waals surface area contributed by atoms with Crippen molar-refractivity contribution in [3.05, 3.63) is 64.7 Å². The van der Waals surface area contributed by atoms with Gasteiger partial charge >= 0.3 is 0 Å². The van der Waals surface area contributed by atoms with Gasteiger partial charge in [0.05, 0.1) is 19.8 Å².